The monoisotopic (exact) mass is 297 g/mol. The van der Waals surface area contributed by atoms with E-state index < -0.39 is 6.10 Å². The summed E-state index contributed by atoms with van der Waals surface area (Å²) in [5.41, 5.74) is 0.929. The molecule has 1 heterocycles. The summed E-state index contributed by atoms with van der Waals surface area (Å²) in [5.74, 6) is 0.612. The molecule has 1 fully saturated rings. The Kier molecular flexibility index (Phi) is 6.30. The van der Waals surface area contributed by atoms with Crippen LogP contribution in [0.5, 0.6) is 0 Å². The maximum atomic E-state index is 10.2. The smallest absolute Gasteiger partial charge is 0.0802 e. The van der Waals surface area contributed by atoms with Gasteiger partial charge in [0.25, 0.3) is 0 Å². The fraction of sp³-hybridized carbons (Fsp3) is 0.625. The summed E-state index contributed by atoms with van der Waals surface area (Å²) >= 11 is 5.85. The quantitative estimate of drug-likeness (QED) is 0.848. The zero-order chi connectivity index (χ0) is 14.4. The molecule has 0 radical (unpaired) electrons. The van der Waals surface area contributed by atoms with Crippen LogP contribution < -0.4 is 0 Å². The number of aliphatic hydroxyl groups is 2. The van der Waals surface area contributed by atoms with E-state index in [1.54, 1.807) is 0 Å². The molecular weight excluding hydrogens is 274 g/mol. The second kappa shape index (κ2) is 7.99. The van der Waals surface area contributed by atoms with E-state index in [1.807, 2.05) is 24.3 Å². The van der Waals surface area contributed by atoms with Crippen molar-refractivity contribution in [2.75, 3.05) is 26.2 Å². The van der Waals surface area contributed by atoms with E-state index in [9.17, 15) is 5.11 Å². The van der Waals surface area contributed by atoms with Crippen molar-refractivity contribution < 1.29 is 10.2 Å². The van der Waals surface area contributed by atoms with Gasteiger partial charge in [0.2, 0.25) is 0 Å². The number of rotatable bonds is 6. The molecule has 4 heteroatoms. The van der Waals surface area contributed by atoms with Crippen LogP contribution in [0.3, 0.4) is 0 Å². The summed E-state index contributed by atoms with van der Waals surface area (Å²) in [4.78, 5) is 2.41. The van der Waals surface area contributed by atoms with E-state index >= 15 is 0 Å². The van der Waals surface area contributed by atoms with Gasteiger partial charge in [-0.2, -0.15) is 0 Å². The minimum Gasteiger partial charge on any atom is -0.396 e. The Morgan fingerprint density at radius 2 is 2.05 bits per heavy atom. The molecule has 1 aromatic carbocycles. The maximum absolute atomic E-state index is 10.2. The highest BCUT2D eigenvalue weighted by molar-refractivity contribution is 6.30. The van der Waals surface area contributed by atoms with E-state index in [-0.39, 0.29) is 6.61 Å². The summed E-state index contributed by atoms with van der Waals surface area (Å²) in [6.45, 7) is 3.35. The molecule has 20 heavy (non-hydrogen) atoms. The lowest BCUT2D eigenvalue weighted by Gasteiger charge is -2.33. The van der Waals surface area contributed by atoms with E-state index in [1.165, 1.54) is 12.8 Å². The summed E-state index contributed by atoms with van der Waals surface area (Å²) in [5, 5.41) is 19.9. The van der Waals surface area contributed by atoms with E-state index in [2.05, 4.69) is 4.90 Å². The van der Waals surface area contributed by atoms with Crippen molar-refractivity contribution in [2.45, 2.75) is 31.8 Å². The number of hydrogen-bond acceptors (Lipinski definition) is 3. The molecule has 0 bridgehead atoms. The molecule has 2 rings (SSSR count). The Balaban J connectivity index is 1.78. The molecule has 1 aliphatic heterocycles. The first-order valence-electron chi connectivity index (χ1n) is 7.46. The first kappa shape index (κ1) is 15.8. The topological polar surface area (TPSA) is 43.7 Å². The normalized spacial score (nSPS) is 21.9. The SMILES string of the molecule is OCCC1CCCN(CCC(O)c2ccc(Cl)cc2)C1. The molecule has 2 N–H and O–H groups in total. The van der Waals surface area contributed by atoms with Crippen molar-refractivity contribution in [1.29, 1.82) is 0 Å². The molecule has 1 aromatic rings. The van der Waals surface area contributed by atoms with Crippen LogP contribution >= 0.6 is 11.6 Å². The van der Waals surface area contributed by atoms with Crippen LogP contribution in [0.25, 0.3) is 0 Å². The van der Waals surface area contributed by atoms with E-state index in [0.29, 0.717) is 10.9 Å². The summed E-state index contributed by atoms with van der Waals surface area (Å²) in [6, 6.07) is 7.41. The first-order chi connectivity index (χ1) is 9.69. The molecule has 1 saturated heterocycles. The van der Waals surface area contributed by atoms with Crippen molar-refractivity contribution in [2.24, 2.45) is 5.92 Å². The lowest BCUT2D eigenvalue weighted by molar-refractivity contribution is 0.110. The fourth-order valence-corrected chi connectivity index (χ4v) is 3.06. The minimum atomic E-state index is -0.425. The lowest BCUT2D eigenvalue weighted by Crippen LogP contribution is -2.36. The number of aliphatic hydroxyl groups excluding tert-OH is 2. The average Bonchev–Trinajstić information content (AvgIpc) is 2.46. The zero-order valence-corrected chi connectivity index (χ0v) is 12.6. The standard InChI is InChI=1S/C16H24ClNO2/c17-15-5-3-14(4-6-15)16(20)7-10-18-9-1-2-13(12-18)8-11-19/h3-6,13,16,19-20H,1-2,7-12H2. The lowest BCUT2D eigenvalue weighted by atomic mass is 9.95. The van der Waals surface area contributed by atoms with Crippen molar-refractivity contribution in [3.8, 4) is 0 Å². The predicted octanol–water partition coefficient (Wildman–Crippen LogP) is 2.86. The van der Waals surface area contributed by atoms with Crippen molar-refractivity contribution in [3.05, 3.63) is 34.9 Å². The largest absolute Gasteiger partial charge is 0.396 e. The number of nitrogens with zero attached hydrogens (tertiary/aromatic N) is 1. The van der Waals surface area contributed by atoms with Gasteiger partial charge in [-0.15, -0.1) is 0 Å². The van der Waals surface area contributed by atoms with Gasteiger partial charge < -0.3 is 15.1 Å². The van der Waals surface area contributed by atoms with Crippen LogP contribution in [0.2, 0.25) is 5.02 Å². The minimum absolute atomic E-state index is 0.284. The van der Waals surface area contributed by atoms with Gasteiger partial charge in [-0.05, 0) is 55.8 Å². The van der Waals surface area contributed by atoms with Crippen LogP contribution in [-0.4, -0.2) is 41.4 Å². The average molecular weight is 298 g/mol. The molecule has 2 unspecified atom stereocenters. The highest BCUT2D eigenvalue weighted by atomic mass is 35.5. The van der Waals surface area contributed by atoms with Crippen LogP contribution in [0, 0.1) is 5.92 Å². The third-order valence-corrected chi connectivity index (χ3v) is 4.37. The number of benzene rings is 1. The predicted molar refractivity (Wildman–Crippen MR) is 81.9 cm³/mol. The summed E-state index contributed by atoms with van der Waals surface area (Å²) in [7, 11) is 0. The van der Waals surface area contributed by atoms with Crippen LogP contribution in [0.4, 0.5) is 0 Å². The Morgan fingerprint density at radius 1 is 1.30 bits per heavy atom. The Hall–Kier alpha value is -0.610. The first-order valence-corrected chi connectivity index (χ1v) is 7.83. The number of hydrogen-bond donors (Lipinski definition) is 2. The van der Waals surface area contributed by atoms with Gasteiger partial charge in [-0.1, -0.05) is 23.7 Å². The van der Waals surface area contributed by atoms with Gasteiger partial charge in [-0.3, -0.25) is 0 Å². The van der Waals surface area contributed by atoms with Crippen LogP contribution in [0.15, 0.2) is 24.3 Å². The number of piperidine rings is 1. The van der Waals surface area contributed by atoms with Gasteiger partial charge in [0, 0.05) is 24.7 Å². The third-order valence-electron chi connectivity index (χ3n) is 4.11. The summed E-state index contributed by atoms with van der Waals surface area (Å²) < 4.78 is 0. The van der Waals surface area contributed by atoms with Gasteiger partial charge in [0.1, 0.15) is 0 Å². The molecule has 0 aromatic heterocycles. The second-order valence-electron chi connectivity index (χ2n) is 5.68. The van der Waals surface area contributed by atoms with Crippen molar-refractivity contribution in [3.63, 3.8) is 0 Å². The van der Waals surface area contributed by atoms with E-state index in [4.69, 9.17) is 16.7 Å². The molecule has 0 spiro atoms. The number of likely N-dealkylation sites (tertiary alicyclic amines) is 1. The Bertz CT molecular complexity index is 394. The van der Waals surface area contributed by atoms with Crippen molar-refractivity contribution >= 4 is 11.6 Å². The zero-order valence-electron chi connectivity index (χ0n) is 11.8. The fourth-order valence-electron chi connectivity index (χ4n) is 2.93. The molecule has 0 amide bonds. The summed E-state index contributed by atoms with van der Waals surface area (Å²) in [6.07, 6.45) is 3.63. The van der Waals surface area contributed by atoms with Crippen LogP contribution in [-0.2, 0) is 0 Å². The molecule has 1 aliphatic rings. The molecule has 112 valence electrons. The second-order valence-corrected chi connectivity index (χ2v) is 6.11. The maximum Gasteiger partial charge on any atom is 0.0802 e. The van der Waals surface area contributed by atoms with E-state index in [0.717, 1.165) is 38.0 Å². The van der Waals surface area contributed by atoms with Gasteiger partial charge in [0.15, 0.2) is 0 Å². The Labute approximate surface area is 126 Å². The molecular formula is C16H24ClNO2. The number of halogens is 1. The highest BCUT2D eigenvalue weighted by Crippen LogP contribution is 2.23. The third kappa shape index (κ3) is 4.74. The van der Waals surface area contributed by atoms with Crippen molar-refractivity contribution in [1.82, 2.24) is 4.90 Å². The Morgan fingerprint density at radius 3 is 2.75 bits per heavy atom. The molecule has 0 saturated carbocycles. The van der Waals surface area contributed by atoms with Gasteiger partial charge >= 0.3 is 0 Å². The van der Waals surface area contributed by atoms with Gasteiger partial charge in [-0.25, -0.2) is 0 Å². The highest BCUT2D eigenvalue weighted by Gasteiger charge is 2.20. The molecule has 0 aliphatic carbocycles. The molecule has 3 nitrogen and oxygen atoms in total. The van der Waals surface area contributed by atoms with Gasteiger partial charge in [0.05, 0.1) is 6.10 Å². The van der Waals surface area contributed by atoms with Crippen LogP contribution in [0.1, 0.15) is 37.4 Å². The molecule has 2 atom stereocenters.